The zero-order chi connectivity index (χ0) is 16.9. The lowest BCUT2D eigenvalue weighted by molar-refractivity contribution is 0.110. The Bertz CT molecular complexity index is 475. The van der Waals surface area contributed by atoms with Crippen LogP contribution in [0.4, 0.5) is 0 Å². The van der Waals surface area contributed by atoms with Gasteiger partial charge in [-0.3, -0.25) is 0 Å². The number of thiophene rings is 1. The second-order valence-electron chi connectivity index (χ2n) is 6.06. The number of hydrogen-bond donors (Lipinski definition) is 3. The van der Waals surface area contributed by atoms with Crippen LogP contribution in [0.3, 0.4) is 0 Å². The molecular weight excluding hydrogens is 306 g/mol. The van der Waals surface area contributed by atoms with Crippen LogP contribution in [0.25, 0.3) is 0 Å². The Labute approximate surface area is 144 Å². The van der Waals surface area contributed by atoms with Gasteiger partial charge in [0.25, 0.3) is 0 Å². The summed E-state index contributed by atoms with van der Waals surface area (Å²) < 4.78 is 0. The summed E-state index contributed by atoms with van der Waals surface area (Å²) in [6.45, 7) is 2.02. The van der Waals surface area contributed by atoms with E-state index in [1.807, 2.05) is 11.4 Å². The lowest BCUT2D eigenvalue weighted by Crippen LogP contribution is -2.31. The van der Waals surface area contributed by atoms with Gasteiger partial charge in [-0.05, 0) is 23.4 Å². The molecule has 0 bridgehead atoms. The Morgan fingerprint density at radius 2 is 1.78 bits per heavy atom. The Hall–Kier alpha value is -0.860. The lowest BCUT2D eigenvalue weighted by Gasteiger charge is -2.14. The third-order valence-electron chi connectivity index (χ3n) is 3.94. The van der Waals surface area contributed by atoms with Crippen molar-refractivity contribution in [3.63, 3.8) is 0 Å². The maximum absolute atomic E-state index is 9.92. The van der Waals surface area contributed by atoms with Gasteiger partial charge in [0.05, 0.1) is 23.6 Å². The molecule has 0 radical (unpaired) electrons. The van der Waals surface area contributed by atoms with Gasteiger partial charge in [-0.15, -0.1) is 11.3 Å². The molecule has 0 spiro atoms. The van der Waals surface area contributed by atoms with Crippen molar-refractivity contribution in [3.05, 3.63) is 21.9 Å². The Morgan fingerprint density at radius 3 is 2.43 bits per heavy atom. The smallest absolute Gasteiger partial charge is 0.0971 e. The monoisotopic (exact) mass is 337 g/mol. The van der Waals surface area contributed by atoms with Crippen LogP contribution in [0.5, 0.6) is 0 Å². The second kappa shape index (κ2) is 12.5. The largest absolute Gasteiger partial charge is 0.395 e. The molecule has 0 aliphatic rings. The zero-order valence-corrected chi connectivity index (χ0v) is 15.1. The van der Waals surface area contributed by atoms with E-state index in [9.17, 15) is 5.11 Å². The third kappa shape index (κ3) is 8.53. The van der Waals surface area contributed by atoms with Gasteiger partial charge in [-0.2, -0.15) is 0 Å². The van der Waals surface area contributed by atoms with E-state index < -0.39 is 12.1 Å². The van der Waals surface area contributed by atoms with E-state index in [0.29, 0.717) is 0 Å². The fourth-order valence-corrected chi connectivity index (χ4v) is 3.22. The van der Waals surface area contributed by atoms with E-state index in [2.05, 4.69) is 18.8 Å². The van der Waals surface area contributed by atoms with Crippen molar-refractivity contribution in [2.75, 3.05) is 6.61 Å². The molecule has 0 aliphatic carbocycles. The van der Waals surface area contributed by atoms with E-state index in [-0.39, 0.29) is 6.61 Å². The van der Waals surface area contributed by atoms with Crippen LogP contribution in [0.2, 0.25) is 0 Å². The van der Waals surface area contributed by atoms with Gasteiger partial charge >= 0.3 is 0 Å². The van der Waals surface area contributed by atoms with Crippen molar-refractivity contribution in [1.82, 2.24) is 0 Å². The molecule has 0 fully saturated rings. The number of aliphatic hydroxyl groups is 2. The second-order valence-corrected chi connectivity index (χ2v) is 6.97. The quantitative estimate of drug-likeness (QED) is 0.422. The van der Waals surface area contributed by atoms with Crippen LogP contribution in [-0.2, 0) is 0 Å². The number of unbranched alkanes of at least 4 members (excludes halogenated alkanes) is 8. The molecule has 4 N–H and O–H groups in total. The van der Waals surface area contributed by atoms with Gasteiger partial charge in [0.1, 0.15) is 0 Å². The van der Waals surface area contributed by atoms with Crippen molar-refractivity contribution in [2.24, 2.45) is 5.73 Å². The van der Waals surface area contributed by atoms with Crippen molar-refractivity contribution >= 4 is 11.3 Å². The minimum absolute atomic E-state index is 0.226. The molecule has 0 saturated carbocycles. The summed E-state index contributed by atoms with van der Waals surface area (Å²) in [6.07, 6.45) is 10.6. The van der Waals surface area contributed by atoms with Gasteiger partial charge in [0.2, 0.25) is 0 Å². The molecule has 1 heterocycles. The minimum Gasteiger partial charge on any atom is -0.395 e. The average Bonchev–Trinajstić information content (AvgIpc) is 3.04. The first-order valence-corrected chi connectivity index (χ1v) is 9.68. The molecule has 3 nitrogen and oxygen atoms in total. The predicted octanol–water partition coefficient (Wildman–Crippen LogP) is 3.98. The first-order valence-electron chi connectivity index (χ1n) is 8.80. The Morgan fingerprint density at radius 1 is 1.13 bits per heavy atom. The van der Waals surface area contributed by atoms with Gasteiger partial charge in [0.15, 0.2) is 0 Å². The normalized spacial score (nSPS) is 13.4. The fraction of sp³-hybridized carbons (Fsp3) is 0.684. The van der Waals surface area contributed by atoms with Gasteiger partial charge in [-0.25, -0.2) is 0 Å². The van der Waals surface area contributed by atoms with Crippen molar-refractivity contribution in [3.8, 4) is 11.8 Å². The molecule has 4 heteroatoms. The fourth-order valence-electron chi connectivity index (χ4n) is 2.42. The van der Waals surface area contributed by atoms with Crippen LogP contribution in [0, 0.1) is 11.8 Å². The topological polar surface area (TPSA) is 66.5 Å². The molecule has 0 aromatic carbocycles. The van der Waals surface area contributed by atoms with Crippen molar-refractivity contribution < 1.29 is 10.2 Å². The van der Waals surface area contributed by atoms with Gasteiger partial charge in [-0.1, -0.05) is 63.7 Å². The highest BCUT2D eigenvalue weighted by atomic mass is 32.1. The molecule has 0 amide bonds. The number of nitrogens with two attached hydrogens (primary N) is 1. The SMILES string of the molecule is CCCCCCCCCCC#Cc1cc(C(O)C(N)CO)cs1. The van der Waals surface area contributed by atoms with Gasteiger partial charge < -0.3 is 15.9 Å². The molecule has 2 unspecified atom stereocenters. The van der Waals surface area contributed by atoms with Crippen LogP contribution >= 0.6 is 11.3 Å². The maximum atomic E-state index is 9.92. The summed E-state index contributed by atoms with van der Waals surface area (Å²) in [5.41, 5.74) is 6.38. The molecule has 2 atom stereocenters. The molecule has 1 rings (SSSR count). The summed E-state index contributed by atoms with van der Waals surface area (Å²) in [5.74, 6) is 6.36. The first kappa shape index (κ1) is 20.2. The molecule has 0 aliphatic heterocycles. The van der Waals surface area contributed by atoms with Crippen molar-refractivity contribution in [2.45, 2.75) is 76.9 Å². The predicted molar refractivity (Wildman–Crippen MR) is 98.4 cm³/mol. The molecule has 1 aromatic rings. The summed E-state index contributed by atoms with van der Waals surface area (Å²) in [6, 6.07) is 1.23. The maximum Gasteiger partial charge on any atom is 0.0971 e. The Kier molecular flexibility index (Phi) is 11.0. The summed E-state index contributed by atoms with van der Waals surface area (Å²) in [7, 11) is 0. The van der Waals surface area contributed by atoms with Crippen LogP contribution in [-0.4, -0.2) is 22.9 Å². The minimum atomic E-state index is -0.820. The highest BCUT2D eigenvalue weighted by molar-refractivity contribution is 7.10. The van der Waals surface area contributed by atoms with Crippen LogP contribution in [0.15, 0.2) is 11.4 Å². The zero-order valence-electron chi connectivity index (χ0n) is 14.3. The van der Waals surface area contributed by atoms with E-state index >= 15 is 0 Å². The Balaban J connectivity index is 2.18. The highest BCUT2D eigenvalue weighted by Gasteiger charge is 2.16. The molecule has 130 valence electrons. The molecule has 0 saturated heterocycles. The summed E-state index contributed by atoms with van der Waals surface area (Å²) in [4.78, 5) is 0.948. The average molecular weight is 338 g/mol. The summed E-state index contributed by atoms with van der Waals surface area (Å²) in [5, 5.41) is 20.8. The molecule has 23 heavy (non-hydrogen) atoms. The number of aliphatic hydroxyl groups excluding tert-OH is 2. The number of hydrogen-bond acceptors (Lipinski definition) is 4. The van der Waals surface area contributed by atoms with E-state index in [1.165, 1.54) is 56.3 Å². The van der Waals surface area contributed by atoms with Crippen molar-refractivity contribution in [1.29, 1.82) is 0 Å². The lowest BCUT2D eigenvalue weighted by atomic mass is 10.1. The third-order valence-corrected chi connectivity index (χ3v) is 4.81. The van der Waals surface area contributed by atoms with E-state index in [1.54, 1.807) is 0 Å². The van der Waals surface area contributed by atoms with Crippen LogP contribution < -0.4 is 5.73 Å². The molecular formula is C19H31NO2S. The van der Waals surface area contributed by atoms with E-state index in [0.717, 1.165) is 23.3 Å². The highest BCUT2D eigenvalue weighted by Crippen LogP contribution is 2.22. The van der Waals surface area contributed by atoms with Gasteiger partial charge in [0, 0.05) is 6.42 Å². The molecule has 1 aromatic heterocycles. The van der Waals surface area contributed by atoms with Crippen LogP contribution in [0.1, 0.15) is 81.3 Å². The summed E-state index contributed by atoms with van der Waals surface area (Å²) >= 11 is 1.51. The van der Waals surface area contributed by atoms with E-state index in [4.69, 9.17) is 10.8 Å². The standard InChI is InChI=1S/C19H31NO2S/c1-2-3-4-5-6-7-8-9-10-11-12-17-13-16(15-23-17)19(22)18(20)14-21/h13,15,18-19,21-22H,2-10,14,20H2,1H3. The number of rotatable bonds is 11. The first-order chi connectivity index (χ1) is 11.2.